The van der Waals surface area contributed by atoms with E-state index in [0.29, 0.717) is 33.0 Å². The topological polar surface area (TPSA) is 134 Å². The number of amides is 2. The number of nitrogens with zero attached hydrogens (tertiary/aromatic N) is 3. The second-order valence-electron chi connectivity index (χ2n) is 10.6. The molecule has 1 atom stereocenters. The van der Waals surface area contributed by atoms with E-state index < -0.39 is 11.2 Å². The Morgan fingerprint density at radius 3 is 2.52 bits per heavy atom. The number of methoxy groups -OCH3 is 2. The molecule has 2 aromatic heterocycles. The number of ether oxygens (including phenoxy) is 3. The summed E-state index contributed by atoms with van der Waals surface area (Å²) >= 11 is 2.67. The van der Waals surface area contributed by atoms with Crippen molar-refractivity contribution in [2.75, 3.05) is 26.1 Å². The molecule has 0 spiro atoms. The zero-order chi connectivity index (χ0) is 32.6. The summed E-state index contributed by atoms with van der Waals surface area (Å²) in [5.41, 5.74) is 2.97. The van der Waals surface area contributed by atoms with Crippen LogP contribution in [0.1, 0.15) is 58.9 Å². The highest BCUT2D eigenvalue weighted by Gasteiger charge is 2.29. The molecule has 0 saturated carbocycles. The van der Waals surface area contributed by atoms with Crippen molar-refractivity contribution >= 4 is 45.9 Å². The lowest BCUT2D eigenvalue weighted by atomic mass is 9.95. The van der Waals surface area contributed by atoms with Crippen LogP contribution in [-0.4, -0.2) is 58.6 Å². The fourth-order valence-corrected chi connectivity index (χ4v) is 7.37. The van der Waals surface area contributed by atoms with Gasteiger partial charge in [0, 0.05) is 4.88 Å². The van der Waals surface area contributed by atoms with Gasteiger partial charge in [0.1, 0.15) is 16.5 Å². The van der Waals surface area contributed by atoms with Crippen LogP contribution in [0.2, 0.25) is 0 Å². The molecule has 2 heterocycles. The Hall–Kier alpha value is -4.36. The number of fused-ring (bicyclic) bond motifs is 1. The summed E-state index contributed by atoms with van der Waals surface area (Å²) in [7, 11) is 3.17. The highest BCUT2D eigenvalue weighted by atomic mass is 32.2. The third kappa shape index (κ3) is 7.53. The third-order valence-electron chi connectivity index (χ3n) is 7.53. The first-order chi connectivity index (χ1) is 22.3. The minimum absolute atomic E-state index is 0.102. The summed E-state index contributed by atoms with van der Waals surface area (Å²) in [5.74, 6) is 0.896. The summed E-state index contributed by atoms with van der Waals surface area (Å²) in [4.78, 5) is 40.4. The number of esters is 1. The number of hydrogen-bond donors (Lipinski definition) is 2. The molecule has 4 aromatic rings. The molecule has 1 unspecified atom stereocenters. The standard InChI is InChI=1S/C33H37N5O6S2/c1-5-44-32(41)29-23-10-6-9-13-26(23)46-31(29)35-30(40)20(2)45-33-37-36-27(38(33)24-11-7-8-12-25(24)43-4)19-34-28(39)18-21-14-16-22(42-3)17-15-21/h7-8,11-12,14-17,20H,5-6,9-10,13,18-19H2,1-4H3,(H,34,39)(H,35,40). The molecule has 5 rings (SSSR count). The number of aryl methyl sites for hydroxylation is 1. The number of hydrogen-bond acceptors (Lipinski definition) is 10. The molecular weight excluding hydrogens is 627 g/mol. The largest absolute Gasteiger partial charge is 0.497 e. The number of thioether (sulfide) groups is 1. The molecule has 2 amide bonds. The van der Waals surface area contributed by atoms with Crippen LogP contribution in [0.25, 0.3) is 5.69 Å². The summed E-state index contributed by atoms with van der Waals surface area (Å²) in [6.45, 7) is 3.90. The Balaban J connectivity index is 1.35. The average molecular weight is 664 g/mol. The van der Waals surface area contributed by atoms with E-state index in [1.54, 1.807) is 32.6 Å². The van der Waals surface area contributed by atoms with Crippen molar-refractivity contribution in [2.24, 2.45) is 0 Å². The van der Waals surface area contributed by atoms with Crippen molar-refractivity contribution in [3.8, 4) is 17.2 Å². The zero-order valence-corrected chi connectivity index (χ0v) is 27.9. The van der Waals surface area contributed by atoms with Gasteiger partial charge in [-0.05, 0) is 74.9 Å². The van der Waals surface area contributed by atoms with Crippen LogP contribution in [0, 0.1) is 0 Å². The second-order valence-corrected chi connectivity index (χ2v) is 13.0. The van der Waals surface area contributed by atoms with E-state index in [-0.39, 0.29) is 31.4 Å². The van der Waals surface area contributed by atoms with Gasteiger partial charge < -0.3 is 24.8 Å². The molecule has 2 aromatic carbocycles. The van der Waals surface area contributed by atoms with E-state index in [9.17, 15) is 14.4 Å². The summed E-state index contributed by atoms with van der Waals surface area (Å²) < 4.78 is 18.0. The molecule has 13 heteroatoms. The first-order valence-corrected chi connectivity index (χ1v) is 16.8. The number of nitrogens with one attached hydrogen (secondary N) is 2. The first-order valence-electron chi connectivity index (χ1n) is 15.1. The molecule has 11 nitrogen and oxygen atoms in total. The van der Waals surface area contributed by atoms with Gasteiger partial charge >= 0.3 is 5.97 Å². The molecule has 1 aliphatic rings. The molecular formula is C33H37N5O6S2. The summed E-state index contributed by atoms with van der Waals surface area (Å²) in [6.07, 6.45) is 3.91. The molecule has 0 radical (unpaired) electrons. The van der Waals surface area contributed by atoms with E-state index in [2.05, 4.69) is 20.8 Å². The molecule has 0 fully saturated rings. The number of aromatic nitrogens is 3. The van der Waals surface area contributed by atoms with Gasteiger partial charge in [-0.2, -0.15) is 0 Å². The molecule has 0 aliphatic heterocycles. The van der Waals surface area contributed by atoms with Crippen molar-refractivity contribution in [1.82, 2.24) is 20.1 Å². The van der Waals surface area contributed by atoms with Gasteiger partial charge in [-0.1, -0.05) is 36.0 Å². The number of rotatable bonds is 13. The Bertz CT molecular complexity index is 1700. The van der Waals surface area contributed by atoms with Gasteiger partial charge in [-0.3, -0.25) is 14.2 Å². The van der Waals surface area contributed by atoms with Crippen molar-refractivity contribution < 1.29 is 28.6 Å². The first kappa shape index (κ1) is 33.0. The average Bonchev–Trinajstić information content (AvgIpc) is 3.64. The maximum atomic E-state index is 13.5. The Kier molecular flexibility index (Phi) is 11.0. The molecule has 0 saturated heterocycles. The fraction of sp³-hybridized carbons (Fsp3) is 0.364. The SMILES string of the molecule is CCOC(=O)c1c(NC(=O)C(C)Sc2nnc(CNC(=O)Cc3ccc(OC)cc3)n2-c2ccccc2OC)sc2c1CCCC2. The van der Waals surface area contributed by atoms with Crippen molar-refractivity contribution in [1.29, 1.82) is 0 Å². The predicted octanol–water partition coefficient (Wildman–Crippen LogP) is 5.38. The summed E-state index contributed by atoms with van der Waals surface area (Å²) in [5, 5.41) is 15.1. The maximum Gasteiger partial charge on any atom is 0.341 e. The highest BCUT2D eigenvalue weighted by molar-refractivity contribution is 8.00. The van der Waals surface area contributed by atoms with Crippen molar-refractivity contribution in [3.05, 3.63) is 75.9 Å². The normalized spacial score (nSPS) is 13.0. The van der Waals surface area contributed by atoms with E-state index in [0.717, 1.165) is 47.4 Å². The van der Waals surface area contributed by atoms with E-state index >= 15 is 0 Å². The number of carbonyl (C=O) groups excluding carboxylic acids is 3. The van der Waals surface area contributed by atoms with E-state index in [1.807, 2.05) is 48.5 Å². The van der Waals surface area contributed by atoms with Gasteiger partial charge in [-0.15, -0.1) is 21.5 Å². The number of anilines is 1. The maximum absolute atomic E-state index is 13.5. The van der Waals surface area contributed by atoms with Gasteiger partial charge in [0.25, 0.3) is 0 Å². The number of thiophene rings is 1. The Morgan fingerprint density at radius 1 is 1.02 bits per heavy atom. The Labute approximate surface area is 276 Å². The lowest BCUT2D eigenvalue weighted by molar-refractivity contribution is -0.120. The molecule has 2 N–H and O–H groups in total. The highest BCUT2D eigenvalue weighted by Crippen LogP contribution is 2.39. The minimum atomic E-state index is -0.607. The smallest absolute Gasteiger partial charge is 0.341 e. The minimum Gasteiger partial charge on any atom is -0.497 e. The summed E-state index contributed by atoms with van der Waals surface area (Å²) in [6, 6.07) is 14.7. The molecule has 242 valence electrons. The van der Waals surface area contributed by atoms with Crippen LogP contribution in [0.5, 0.6) is 11.5 Å². The van der Waals surface area contributed by atoms with E-state index in [4.69, 9.17) is 14.2 Å². The number of carbonyl (C=O) groups is 3. The number of para-hydroxylation sites is 2. The van der Waals surface area contributed by atoms with Gasteiger partial charge in [0.05, 0.1) is 50.3 Å². The lowest BCUT2D eigenvalue weighted by Crippen LogP contribution is -2.26. The monoisotopic (exact) mass is 663 g/mol. The number of benzene rings is 2. The second kappa shape index (κ2) is 15.3. The van der Waals surface area contributed by atoms with Crippen LogP contribution < -0.4 is 20.1 Å². The van der Waals surface area contributed by atoms with Gasteiger partial charge in [0.15, 0.2) is 11.0 Å². The molecule has 1 aliphatic carbocycles. The van der Waals surface area contributed by atoms with Crippen LogP contribution in [0.15, 0.2) is 53.7 Å². The molecule has 0 bridgehead atoms. The van der Waals surface area contributed by atoms with Crippen molar-refractivity contribution in [2.45, 2.75) is 62.9 Å². The van der Waals surface area contributed by atoms with Gasteiger partial charge in [-0.25, -0.2) is 4.79 Å². The third-order valence-corrected chi connectivity index (χ3v) is 9.78. The van der Waals surface area contributed by atoms with Gasteiger partial charge in [0.2, 0.25) is 11.8 Å². The quantitative estimate of drug-likeness (QED) is 0.143. The predicted molar refractivity (Wildman–Crippen MR) is 177 cm³/mol. The van der Waals surface area contributed by atoms with Crippen LogP contribution in [-0.2, 0) is 40.1 Å². The van der Waals surface area contributed by atoms with Crippen LogP contribution >= 0.6 is 23.1 Å². The lowest BCUT2D eigenvalue weighted by Gasteiger charge is -2.16. The fourth-order valence-electron chi connectivity index (χ4n) is 5.21. The Morgan fingerprint density at radius 2 is 1.78 bits per heavy atom. The van der Waals surface area contributed by atoms with Crippen LogP contribution in [0.4, 0.5) is 5.00 Å². The zero-order valence-electron chi connectivity index (χ0n) is 26.3. The van der Waals surface area contributed by atoms with Crippen LogP contribution in [0.3, 0.4) is 0 Å². The molecule has 46 heavy (non-hydrogen) atoms. The van der Waals surface area contributed by atoms with E-state index in [1.165, 1.54) is 23.1 Å². The van der Waals surface area contributed by atoms with Crippen molar-refractivity contribution in [3.63, 3.8) is 0 Å².